The minimum atomic E-state index is -0.182. The fourth-order valence-electron chi connectivity index (χ4n) is 1.69. The number of hydrogen-bond donors (Lipinski definition) is 0. The van der Waals surface area contributed by atoms with Gasteiger partial charge < -0.3 is 9.47 Å². The van der Waals surface area contributed by atoms with Crippen molar-refractivity contribution < 1.29 is 14.3 Å². The Labute approximate surface area is 96.4 Å². The van der Waals surface area contributed by atoms with Crippen LogP contribution in [0, 0.1) is 5.92 Å². The van der Waals surface area contributed by atoms with Gasteiger partial charge in [0.1, 0.15) is 0 Å². The van der Waals surface area contributed by atoms with E-state index in [1.165, 1.54) is 12.7 Å². The minimum Gasteiger partial charge on any atom is -0.469 e. The highest BCUT2D eigenvalue weighted by Crippen LogP contribution is 2.13. The van der Waals surface area contributed by atoms with Crippen LogP contribution in [-0.2, 0) is 20.7 Å². The summed E-state index contributed by atoms with van der Waals surface area (Å²) in [6.45, 7) is 0.573. The number of ether oxygens (including phenoxy) is 2. The Morgan fingerprint density at radius 2 is 1.94 bits per heavy atom. The molecule has 3 nitrogen and oxygen atoms in total. The van der Waals surface area contributed by atoms with Crippen LogP contribution >= 0.6 is 0 Å². The molecule has 1 atom stereocenters. The number of carbonyl (C=O) groups excluding carboxylic acids is 1. The van der Waals surface area contributed by atoms with Gasteiger partial charge in [-0.1, -0.05) is 30.3 Å². The maximum absolute atomic E-state index is 11.2. The third-order valence-electron chi connectivity index (χ3n) is 2.45. The lowest BCUT2D eigenvalue weighted by Crippen LogP contribution is -2.17. The zero-order chi connectivity index (χ0) is 11.8. The summed E-state index contributed by atoms with van der Waals surface area (Å²) in [4.78, 5) is 11.2. The average molecular weight is 222 g/mol. The first-order valence-electron chi connectivity index (χ1n) is 5.36. The molecule has 0 aliphatic heterocycles. The Bertz CT molecular complexity index is 308. The maximum atomic E-state index is 11.2. The van der Waals surface area contributed by atoms with Crippen LogP contribution in [0.2, 0.25) is 0 Å². The van der Waals surface area contributed by atoms with Crippen molar-refractivity contribution >= 4 is 5.97 Å². The zero-order valence-electron chi connectivity index (χ0n) is 9.81. The van der Waals surface area contributed by atoms with Crippen molar-refractivity contribution in [3.63, 3.8) is 0 Å². The maximum Gasteiger partial charge on any atom is 0.305 e. The molecule has 0 aromatic heterocycles. The molecule has 0 heterocycles. The van der Waals surface area contributed by atoms with Gasteiger partial charge >= 0.3 is 5.97 Å². The molecule has 0 bridgehead atoms. The Balaban J connectivity index is 2.54. The predicted octanol–water partition coefficient (Wildman–Crippen LogP) is 2.05. The van der Waals surface area contributed by atoms with E-state index >= 15 is 0 Å². The fourth-order valence-corrected chi connectivity index (χ4v) is 1.69. The monoisotopic (exact) mass is 222 g/mol. The quantitative estimate of drug-likeness (QED) is 0.691. The van der Waals surface area contributed by atoms with Crippen LogP contribution in [0.4, 0.5) is 0 Å². The van der Waals surface area contributed by atoms with Gasteiger partial charge in [0.25, 0.3) is 0 Å². The molecule has 0 fully saturated rings. The molecule has 3 heteroatoms. The summed E-state index contributed by atoms with van der Waals surface area (Å²) >= 11 is 0. The first-order chi connectivity index (χ1) is 7.76. The van der Waals surface area contributed by atoms with Crippen molar-refractivity contribution in [3.05, 3.63) is 35.9 Å². The average Bonchev–Trinajstić information content (AvgIpc) is 2.30. The summed E-state index contributed by atoms with van der Waals surface area (Å²) in [5.74, 6) is -0.00201. The van der Waals surface area contributed by atoms with Gasteiger partial charge in [-0.05, 0) is 17.9 Å². The highest BCUT2D eigenvalue weighted by atomic mass is 16.5. The molecule has 0 aliphatic rings. The molecule has 0 N–H and O–H groups in total. The van der Waals surface area contributed by atoms with Gasteiger partial charge in [0.15, 0.2) is 0 Å². The first kappa shape index (κ1) is 12.7. The molecule has 1 aromatic carbocycles. The molecule has 0 radical (unpaired) electrons. The predicted molar refractivity (Wildman–Crippen MR) is 62.1 cm³/mol. The van der Waals surface area contributed by atoms with Crippen molar-refractivity contribution in [2.75, 3.05) is 20.8 Å². The summed E-state index contributed by atoms with van der Waals surface area (Å²) < 4.78 is 9.78. The lowest BCUT2D eigenvalue weighted by molar-refractivity contribution is -0.142. The molecule has 0 saturated carbocycles. The summed E-state index contributed by atoms with van der Waals surface area (Å²) in [6.07, 6.45) is 1.24. The van der Waals surface area contributed by atoms with Crippen LogP contribution < -0.4 is 0 Å². The molecule has 0 amide bonds. The number of esters is 1. The number of rotatable bonds is 6. The number of hydrogen-bond acceptors (Lipinski definition) is 3. The zero-order valence-corrected chi connectivity index (χ0v) is 9.81. The second-order valence-corrected chi connectivity index (χ2v) is 3.79. The van der Waals surface area contributed by atoms with E-state index in [0.29, 0.717) is 13.0 Å². The minimum absolute atomic E-state index is 0.180. The Hall–Kier alpha value is -1.35. The van der Waals surface area contributed by atoms with Gasteiger partial charge in [-0.15, -0.1) is 0 Å². The van der Waals surface area contributed by atoms with Gasteiger partial charge in [-0.25, -0.2) is 0 Å². The normalized spacial score (nSPS) is 12.1. The highest BCUT2D eigenvalue weighted by molar-refractivity contribution is 5.69. The molecule has 0 saturated heterocycles. The molecule has 0 aliphatic carbocycles. The molecule has 16 heavy (non-hydrogen) atoms. The van der Waals surface area contributed by atoms with Crippen LogP contribution in [0.5, 0.6) is 0 Å². The Kier molecular flexibility index (Phi) is 5.57. The van der Waals surface area contributed by atoms with Crippen molar-refractivity contribution in [1.82, 2.24) is 0 Å². The molecule has 88 valence electrons. The molecule has 1 aromatic rings. The molecular formula is C13H18O3. The Morgan fingerprint density at radius 1 is 1.25 bits per heavy atom. The lowest BCUT2D eigenvalue weighted by Gasteiger charge is -2.14. The second kappa shape index (κ2) is 7.01. The SMILES string of the molecule is COC[C@@H](CC(=O)OC)Cc1ccccc1. The van der Waals surface area contributed by atoms with Gasteiger partial charge in [-0.2, -0.15) is 0 Å². The third-order valence-corrected chi connectivity index (χ3v) is 2.45. The van der Waals surface area contributed by atoms with Crippen LogP contribution in [0.25, 0.3) is 0 Å². The first-order valence-corrected chi connectivity index (χ1v) is 5.36. The van der Waals surface area contributed by atoms with E-state index < -0.39 is 0 Å². The van der Waals surface area contributed by atoms with E-state index in [4.69, 9.17) is 4.74 Å². The van der Waals surface area contributed by atoms with E-state index in [9.17, 15) is 4.79 Å². The van der Waals surface area contributed by atoms with Crippen molar-refractivity contribution in [2.45, 2.75) is 12.8 Å². The fraction of sp³-hybridized carbons (Fsp3) is 0.462. The lowest BCUT2D eigenvalue weighted by atomic mass is 9.97. The summed E-state index contributed by atoms with van der Waals surface area (Å²) in [7, 11) is 3.06. The van der Waals surface area contributed by atoms with E-state index in [2.05, 4.69) is 16.9 Å². The van der Waals surface area contributed by atoms with E-state index in [1.807, 2.05) is 18.2 Å². The van der Waals surface area contributed by atoms with Crippen molar-refractivity contribution in [3.8, 4) is 0 Å². The van der Waals surface area contributed by atoms with Crippen molar-refractivity contribution in [2.24, 2.45) is 5.92 Å². The molecule has 0 unspecified atom stereocenters. The number of carbonyl (C=O) groups is 1. The van der Waals surface area contributed by atoms with Gasteiger partial charge in [0, 0.05) is 13.7 Å². The second-order valence-electron chi connectivity index (χ2n) is 3.79. The molecule has 0 spiro atoms. The number of methoxy groups -OCH3 is 2. The van der Waals surface area contributed by atoms with Gasteiger partial charge in [-0.3, -0.25) is 4.79 Å². The van der Waals surface area contributed by atoms with E-state index in [-0.39, 0.29) is 11.9 Å². The van der Waals surface area contributed by atoms with Crippen molar-refractivity contribution in [1.29, 1.82) is 0 Å². The van der Waals surface area contributed by atoms with Crippen LogP contribution in [-0.4, -0.2) is 26.8 Å². The third kappa shape index (κ3) is 4.45. The van der Waals surface area contributed by atoms with Gasteiger partial charge in [0.05, 0.1) is 13.5 Å². The number of benzene rings is 1. The molecular weight excluding hydrogens is 204 g/mol. The van der Waals surface area contributed by atoms with Crippen LogP contribution in [0.1, 0.15) is 12.0 Å². The van der Waals surface area contributed by atoms with Gasteiger partial charge in [0.2, 0.25) is 0 Å². The smallest absolute Gasteiger partial charge is 0.305 e. The summed E-state index contributed by atoms with van der Waals surface area (Å²) in [5, 5.41) is 0. The molecule has 1 rings (SSSR count). The largest absolute Gasteiger partial charge is 0.469 e. The van der Waals surface area contributed by atoms with Crippen LogP contribution in [0.15, 0.2) is 30.3 Å². The standard InChI is InChI=1S/C13H18O3/c1-15-10-12(9-13(14)16-2)8-11-6-4-3-5-7-11/h3-7,12H,8-10H2,1-2H3/t12-/m1/s1. The van der Waals surface area contributed by atoms with E-state index in [0.717, 1.165) is 6.42 Å². The summed E-state index contributed by atoms with van der Waals surface area (Å²) in [5.41, 5.74) is 1.22. The van der Waals surface area contributed by atoms with E-state index in [1.54, 1.807) is 7.11 Å². The highest BCUT2D eigenvalue weighted by Gasteiger charge is 2.14. The summed E-state index contributed by atoms with van der Waals surface area (Å²) in [6, 6.07) is 10.1. The topological polar surface area (TPSA) is 35.5 Å². The Morgan fingerprint density at radius 3 is 2.50 bits per heavy atom. The van der Waals surface area contributed by atoms with Crippen LogP contribution in [0.3, 0.4) is 0 Å².